The molecular weight excluding hydrogens is 373 g/mol. The van der Waals surface area contributed by atoms with Gasteiger partial charge in [0, 0.05) is 5.92 Å². The SMILES string of the molecule is C[N+](C)(C)/N=C1/CCCCC1Cc1ccc(C#N)cc1.[I-]. The number of hydrogen-bond donors (Lipinski definition) is 0. The summed E-state index contributed by atoms with van der Waals surface area (Å²) in [7, 11) is 6.33. The molecule has 2 rings (SSSR count). The average molecular weight is 397 g/mol. The number of nitrogens with zero attached hydrogens (tertiary/aromatic N) is 3. The lowest BCUT2D eigenvalue weighted by Gasteiger charge is -2.26. The monoisotopic (exact) mass is 397 g/mol. The van der Waals surface area contributed by atoms with Crippen molar-refractivity contribution in [2.75, 3.05) is 21.1 Å². The van der Waals surface area contributed by atoms with Gasteiger partial charge in [0.05, 0.1) is 38.5 Å². The maximum Gasteiger partial charge on any atom is 0.0991 e. The standard InChI is InChI=1S/C17H24N3.HI/c1-20(2,3)19-17-7-5-4-6-16(17)12-14-8-10-15(13-18)11-9-14;/h8-11,16H,4-7,12H2,1-3H3;1H/q+1;/p-1/b19-17-;. The minimum atomic E-state index is 0. The van der Waals surface area contributed by atoms with E-state index in [1.165, 1.54) is 30.5 Å². The summed E-state index contributed by atoms with van der Waals surface area (Å²) in [6.45, 7) is 0. The van der Waals surface area contributed by atoms with Crippen molar-refractivity contribution in [3.63, 3.8) is 0 Å². The highest BCUT2D eigenvalue weighted by atomic mass is 127. The van der Waals surface area contributed by atoms with Gasteiger partial charge in [-0.25, -0.2) is 4.59 Å². The van der Waals surface area contributed by atoms with Crippen LogP contribution >= 0.6 is 0 Å². The normalized spacial score (nSPS) is 20.7. The zero-order valence-electron chi connectivity index (χ0n) is 13.1. The number of halogens is 1. The Morgan fingerprint density at radius 3 is 2.43 bits per heavy atom. The Hall–Kier alpha value is -0.930. The van der Waals surface area contributed by atoms with Gasteiger partial charge in [0.15, 0.2) is 0 Å². The van der Waals surface area contributed by atoms with Gasteiger partial charge in [-0.15, -0.1) is 0 Å². The van der Waals surface area contributed by atoms with Gasteiger partial charge in [-0.05, 0) is 43.4 Å². The molecule has 21 heavy (non-hydrogen) atoms. The summed E-state index contributed by atoms with van der Waals surface area (Å²) in [5.74, 6) is 0.564. The van der Waals surface area contributed by atoms with Crippen molar-refractivity contribution in [1.82, 2.24) is 0 Å². The molecule has 0 aliphatic heterocycles. The fourth-order valence-electron chi connectivity index (χ4n) is 2.80. The molecule has 0 amide bonds. The van der Waals surface area contributed by atoms with Gasteiger partial charge < -0.3 is 24.0 Å². The van der Waals surface area contributed by atoms with Crippen LogP contribution in [0.4, 0.5) is 0 Å². The summed E-state index contributed by atoms with van der Waals surface area (Å²) in [5, 5.41) is 13.7. The van der Waals surface area contributed by atoms with Crippen LogP contribution in [0.25, 0.3) is 0 Å². The Kier molecular flexibility index (Phi) is 6.82. The van der Waals surface area contributed by atoms with E-state index >= 15 is 0 Å². The van der Waals surface area contributed by atoms with Gasteiger partial charge in [0.1, 0.15) is 0 Å². The molecule has 0 N–H and O–H groups in total. The maximum atomic E-state index is 8.85. The topological polar surface area (TPSA) is 36.1 Å². The summed E-state index contributed by atoms with van der Waals surface area (Å²) >= 11 is 0. The Morgan fingerprint density at radius 1 is 1.19 bits per heavy atom. The fraction of sp³-hybridized carbons (Fsp3) is 0.529. The van der Waals surface area contributed by atoms with Crippen molar-refractivity contribution in [3.8, 4) is 6.07 Å². The molecule has 1 unspecified atom stereocenters. The van der Waals surface area contributed by atoms with Gasteiger partial charge >= 0.3 is 0 Å². The predicted molar refractivity (Wildman–Crippen MR) is 82.3 cm³/mol. The average Bonchev–Trinajstić information content (AvgIpc) is 2.40. The molecule has 0 bridgehead atoms. The van der Waals surface area contributed by atoms with Gasteiger partial charge in [-0.3, -0.25) is 0 Å². The molecule has 1 saturated carbocycles. The molecule has 1 fully saturated rings. The Morgan fingerprint density at radius 2 is 1.86 bits per heavy atom. The van der Waals surface area contributed by atoms with Crippen molar-refractivity contribution < 1.29 is 28.6 Å². The smallest absolute Gasteiger partial charge is 0.0991 e. The second-order valence-corrected chi connectivity index (χ2v) is 6.49. The van der Waals surface area contributed by atoms with Gasteiger partial charge in [-0.1, -0.05) is 23.7 Å². The predicted octanol–water partition coefficient (Wildman–Crippen LogP) is 0.357. The molecule has 4 heteroatoms. The number of benzene rings is 1. The Balaban J connectivity index is 0.00000220. The number of hydrogen-bond acceptors (Lipinski definition) is 2. The number of rotatable bonds is 3. The van der Waals surface area contributed by atoms with Crippen molar-refractivity contribution in [1.29, 1.82) is 5.26 Å². The van der Waals surface area contributed by atoms with Crippen LogP contribution in [0.2, 0.25) is 0 Å². The van der Waals surface area contributed by atoms with Crippen LogP contribution in [0.1, 0.15) is 36.8 Å². The van der Waals surface area contributed by atoms with Crippen LogP contribution in [0, 0.1) is 17.2 Å². The van der Waals surface area contributed by atoms with Crippen molar-refractivity contribution in [3.05, 3.63) is 35.4 Å². The van der Waals surface area contributed by atoms with E-state index < -0.39 is 0 Å². The third kappa shape index (κ3) is 5.76. The first-order valence-corrected chi connectivity index (χ1v) is 7.37. The molecule has 114 valence electrons. The molecule has 0 radical (unpaired) electrons. The van der Waals surface area contributed by atoms with E-state index in [0.29, 0.717) is 10.5 Å². The van der Waals surface area contributed by atoms with E-state index in [2.05, 4.69) is 39.3 Å². The highest BCUT2D eigenvalue weighted by molar-refractivity contribution is 5.87. The minimum Gasteiger partial charge on any atom is -1.00 e. The van der Waals surface area contributed by atoms with Crippen LogP contribution in [-0.4, -0.2) is 31.4 Å². The fourth-order valence-corrected chi connectivity index (χ4v) is 2.80. The first-order chi connectivity index (χ1) is 9.48. The molecule has 1 aromatic rings. The van der Waals surface area contributed by atoms with Crippen molar-refractivity contribution in [2.45, 2.75) is 32.1 Å². The first-order valence-electron chi connectivity index (χ1n) is 7.37. The summed E-state index contributed by atoms with van der Waals surface area (Å²) < 4.78 is 0.652. The van der Waals surface area contributed by atoms with Crippen molar-refractivity contribution in [2.24, 2.45) is 11.0 Å². The molecule has 1 aliphatic carbocycles. The van der Waals surface area contributed by atoms with Crippen LogP contribution < -0.4 is 24.0 Å². The van der Waals surface area contributed by atoms with Crippen LogP contribution in [0.5, 0.6) is 0 Å². The summed E-state index contributed by atoms with van der Waals surface area (Å²) in [5.41, 5.74) is 3.41. The third-order valence-electron chi connectivity index (χ3n) is 3.70. The van der Waals surface area contributed by atoms with Gasteiger partial charge in [0.2, 0.25) is 0 Å². The molecular formula is C17H24IN3. The summed E-state index contributed by atoms with van der Waals surface area (Å²) in [6.07, 6.45) is 5.99. The summed E-state index contributed by atoms with van der Waals surface area (Å²) in [6, 6.07) is 10.2. The van der Waals surface area contributed by atoms with Gasteiger partial charge in [-0.2, -0.15) is 5.26 Å². The zero-order valence-corrected chi connectivity index (χ0v) is 15.3. The molecule has 1 aliphatic rings. The summed E-state index contributed by atoms with van der Waals surface area (Å²) in [4.78, 5) is 0. The van der Waals surface area contributed by atoms with E-state index in [1.54, 1.807) is 0 Å². The van der Waals surface area contributed by atoms with E-state index in [-0.39, 0.29) is 24.0 Å². The molecule has 1 atom stereocenters. The number of quaternary nitrogens is 1. The van der Waals surface area contributed by atoms with Crippen LogP contribution in [-0.2, 0) is 6.42 Å². The second-order valence-electron chi connectivity index (χ2n) is 6.49. The lowest BCUT2D eigenvalue weighted by molar-refractivity contribution is -0.877. The lowest BCUT2D eigenvalue weighted by atomic mass is 9.83. The van der Waals surface area contributed by atoms with E-state index in [9.17, 15) is 0 Å². The van der Waals surface area contributed by atoms with E-state index in [0.717, 1.165) is 18.4 Å². The molecule has 0 heterocycles. The van der Waals surface area contributed by atoms with Crippen molar-refractivity contribution >= 4 is 5.71 Å². The van der Waals surface area contributed by atoms with Crippen LogP contribution in [0.15, 0.2) is 29.4 Å². The number of nitriles is 1. The highest BCUT2D eigenvalue weighted by Crippen LogP contribution is 2.26. The molecule has 0 saturated heterocycles. The molecule has 1 aromatic carbocycles. The van der Waals surface area contributed by atoms with E-state index in [4.69, 9.17) is 10.4 Å². The second kappa shape index (κ2) is 7.90. The quantitative estimate of drug-likeness (QED) is 0.412. The Bertz CT molecular complexity index is 520. The third-order valence-corrected chi connectivity index (χ3v) is 3.70. The lowest BCUT2D eigenvalue weighted by Crippen LogP contribution is -3.00. The molecule has 0 aromatic heterocycles. The van der Waals surface area contributed by atoms with Gasteiger partial charge in [0.25, 0.3) is 0 Å². The van der Waals surface area contributed by atoms with E-state index in [1.807, 2.05) is 12.1 Å². The Labute approximate surface area is 145 Å². The zero-order chi connectivity index (χ0) is 14.6. The first kappa shape index (κ1) is 18.1. The highest BCUT2D eigenvalue weighted by Gasteiger charge is 2.24. The maximum absolute atomic E-state index is 8.85. The minimum absolute atomic E-state index is 0. The van der Waals surface area contributed by atoms with Crippen LogP contribution in [0.3, 0.4) is 0 Å². The molecule has 0 spiro atoms. The largest absolute Gasteiger partial charge is 1.00 e. The molecule has 3 nitrogen and oxygen atoms in total.